The number of piperidine rings is 1. The molecule has 3 heterocycles. The molecule has 128 valence electrons. The van der Waals surface area contributed by atoms with E-state index in [0.29, 0.717) is 17.7 Å². The predicted molar refractivity (Wildman–Crippen MR) is 92.1 cm³/mol. The van der Waals surface area contributed by atoms with E-state index in [0.717, 1.165) is 44.6 Å². The van der Waals surface area contributed by atoms with Crippen molar-refractivity contribution in [3.8, 4) is 0 Å². The van der Waals surface area contributed by atoms with Gasteiger partial charge in [-0.25, -0.2) is 0 Å². The molecule has 5 nitrogen and oxygen atoms in total. The van der Waals surface area contributed by atoms with Gasteiger partial charge in [0.2, 0.25) is 11.8 Å². The van der Waals surface area contributed by atoms with E-state index in [1.807, 2.05) is 23.2 Å². The Kier molecular flexibility index (Phi) is 4.16. The van der Waals surface area contributed by atoms with Crippen molar-refractivity contribution in [3.05, 3.63) is 33.6 Å². The Morgan fingerprint density at radius 2 is 2.33 bits per heavy atom. The fourth-order valence-electron chi connectivity index (χ4n) is 3.64. The first-order valence-electron chi connectivity index (χ1n) is 8.83. The maximum Gasteiger partial charge on any atom is 0.226 e. The van der Waals surface area contributed by atoms with E-state index in [-0.39, 0.29) is 11.8 Å². The molecule has 1 saturated heterocycles. The summed E-state index contributed by atoms with van der Waals surface area (Å²) in [5, 5.41) is 4.11. The van der Waals surface area contributed by atoms with Crippen LogP contribution in [0.4, 0.5) is 0 Å². The molecule has 1 amide bonds. The molecule has 24 heavy (non-hydrogen) atoms. The molecular formula is C18H23N3O2S. The number of rotatable bonds is 4. The molecule has 2 aromatic rings. The lowest BCUT2D eigenvalue weighted by Gasteiger charge is -2.31. The summed E-state index contributed by atoms with van der Waals surface area (Å²) in [5.74, 6) is 2.60. The number of hydrogen-bond acceptors (Lipinski definition) is 5. The third-order valence-electron chi connectivity index (χ3n) is 5.12. The van der Waals surface area contributed by atoms with Crippen LogP contribution >= 0.6 is 11.3 Å². The van der Waals surface area contributed by atoms with E-state index in [9.17, 15) is 4.79 Å². The standard InChI is InChI=1S/C18H23N3O2S/c1-3-16-19-17(20-23-16)12-5-4-8-21(10-12)18(22)14-9-13(14)15-7-6-11(2)24-15/h6-7,12-14H,3-5,8-10H2,1-2H3/t12-,13+,14-/m1/s1. The number of thiophene rings is 1. The van der Waals surface area contributed by atoms with E-state index >= 15 is 0 Å². The first-order chi connectivity index (χ1) is 11.7. The lowest BCUT2D eigenvalue weighted by molar-refractivity contribution is -0.133. The number of aromatic nitrogens is 2. The predicted octanol–water partition coefficient (Wildman–Crippen LogP) is 3.51. The minimum absolute atomic E-state index is 0.179. The fraction of sp³-hybridized carbons (Fsp3) is 0.611. The van der Waals surface area contributed by atoms with Crippen molar-refractivity contribution in [2.75, 3.05) is 13.1 Å². The maximum atomic E-state index is 12.9. The van der Waals surface area contributed by atoms with Gasteiger partial charge in [0.25, 0.3) is 0 Å². The van der Waals surface area contributed by atoms with Crippen molar-refractivity contribution in [1.29, 1.82) is 0 Å². The summed E-state index contributed by atoms with van der Waals surface area (Å²) in [5.41, 5.74) is 0. The molecule has 2 aliphatic rings. The largest absolute Gasteiger partial charge is 0.342 e. The molecule has 4 rings (SSSR count). The van der Waals surface area contributed by atoms with Crippen LogP contribution in [0.5, 0.6) is 0 Å². The van der Waals surface area contributed by atoms with Crippen LogP contribution < -0.4 is 0 Å². The minimum atomic E-state index is 0.179. The zero-order valence-electron chi connectivity index (χ0n) is 14.2. The summed E-state index contributed by atoms with van der Waals surface area (Å²) in [6.45, 7) is 5.72. The summed E-state index contributed by atoms with van der Waals surface area (Å²) in [6.07, 6.45) is 3.81. The highest BCUT2D eigenvalue weighted by Gasteiger charge is 2.47. The first kappa shape index (κ1) is 15.8. The number of likely N-dealkylation sites (tertiary alicyclic amines) is 1. The molecule has 0 unspecified atom stereocenters. The molecule has 2 aromatic heterocycles. The molecule has 0 bridgehead atoms. The Hall–Kier alpha value is -1.69. The van der Waals surface area contributed by atoms with E-state index < -0.39 is 0 Å². The fourth-order valence-corrected chi connectivity index (χ4v) is 4.69. The Bertz CT molecular complexity index is 738. The van der Waals surface area contributed by atoms with Gasteiger partial charge in [-0.3, -0.25) is 4.79 Å². The number of amides is 1. The zero-order chi connectivity index (χ0) is 16.7. The second kappa shape index (κ2) is 6.31. The second-order valence-electron chi connectivity index (χ2n) is 6.92. The normalized spacial score (nSPS) is 26.6. The van der Waals surface area contributed by atoms with Crippen molar-refractivity contribution in [1.82, 2.24) is 15.0 Å². The summed E-state index contributed by atoms with van der Waals surface area (Å²) >= 11 is 1.83. The van der Waals surface area contributed by atoms with Crippen LogP contribution in [-0.4, -0.2) is 34.0 Å². The lowest BCUT2D eigenvalue weighted by Crippen LogP contribution is -2.40. The van der Waals surface area contributed by atoms with Gasteiger partial charge in [0.05, 0.1) is 0 Å². The average Bonchev–Trinajstić information content (AvgIpc) is 3.04. The lowest BCUT2D eigenvalue weighted by atomic mass is 9.97. The Morgan fingerprint density at radius 3 is 3.04 bits per heavy atom. The topological polar surface area (TPSA) is 59.2 Å². The van der Waals surface area contributed by atoms with Gasteiger partial charge in [-0.15, -0.1) is 11.3 Å². The molecule has 1 aliphatic carbocycles. The van der Waals surface area contributed by atoms with Gasteiger partial charge in [0.15, 0.2) is 5.82 Å². The average molecular weight is 345 g/mol. The van der Waals surface area contributed by atoms with Crippen LogP contribution in [0.2, 0.25) is 0 Å². The third kappa shape index (κ3) is 2.99. The Labute approximate surface area is 146 Å². The first-order valence-corrected chi connectivity index (χ1v) is 9.65. The van der Waals surface area contributed by atoms with Gasteiger partial charge in [-0.1, -0.05) is 12.1 Å². The number of nitrogens with zero attached hydrogens (tertiary/aromatic N) is 3. The Morgan fingerprint density at radius 1 is 1.46 bits per heavy atom. The van der Waals surface area contributed by atoms with Crippen molar-refractivity contribution in [2.45, 2.75) is 51.4 Å². The monoisotopic (exact) mass is 345 g/mol. The maximum absolute atomic E-state index is 12.9. The van der Waals surface area contributed by atoms with Gasteiger partial charge in [-0.2, -0.15) is 4.98 Å². The number of carbonyl (C=O) groups is 1. The molecule has 0 N–H and O–H groups in total. The van der Waals surface area contributed by atoms with Crippen LogP contribution in [0.1, 0.15) is 59.5 Å². The number of aryl methyl sites for hydroxylation is 2. The van der Waals surface area contributed by atoms with Crippen LogP contribution in [0.3, 0.4) is 0 Å². The summed E-state index contributed by atoms with van der Waals surface area (Å²) < 4.78 is 5.24. The van der Waals surface area contributed by atoms with Gasteiger partial charge < -0.3 is 9.42 Å². The molecular weight excluding hydrogens is 322 g/mol. The SMILES string of the molecule is CCc1nc([C@@H]2CCCN(C(=O)[C@@H]3C[C@@H]3c3ccc(C)s3)C2)no1. The van der Waals surface area contributed by atoms with Crippen LogP contribution in [0, 0.1) is 12.8 Å². The highest BCUT2D eigenvalue weighted by Crippen LogP contribution is 2.50. The zero-order valence-corrected chi connectivity index (χ0v) is 15.0. The van der Waals surface area contributed by atoms with Gasteiger partial charge >= 0.3 is 0 Å². The van der Waals surface area contributed by atoms with Crippen molar-refractivity contribution >= 4 is 17.2 Å². The molecule has 0 aromatic carbocycles. The van der Waals surface area contributed by atoms with Crippen molar-refractivity contribution < 1.29 is 9.32 Å². The Balaban J connectivity index is 1.40. The van der Waals surface area contributed by atoms with E-state index in [4.69, 9.17) is 4.52 Å². The van der Waals surface area contributed by atoms with Crippen LogP contribution in [0.25, 0.3) is 0 Å². The molecule has 6 heteroatoms. The van der Waals surface area contributed by atoms with Gasteiger partial charge in [0, 0.05) is 47.0 Å². The molecule has 2 fully saturated rings. The van der Waals surface area contributed by atoms with Gasteiger partial charge in [0.1, 0.15) is 0 Å². The van der Waals surface area contributed by atoms with Crippen LogP contribution in [-0.2, 0) is 11.2 Å². The summed E-state index contributed by atoms with van der Waals surface area (Å²) in [4.78, 5) is 22.0. The highest BCUT2D eigenvalue weighted by molar-refractivity contribution is 7.12. The molecule has 0 spiro atoms. The van der Waals surface area contributed by atoms with E-state index in [1.54, 1.807) is 0 Å². The third-order valence-corrected chi connectivity index (χ3v) is 6.25. The van der Waals surface area contributed by atoms with Crippen LogP contribution in [0.15, 0.2) is 16.7 Å². The van der Waals surface area contributed by atoms with E-state index in [2.05, 4.69) is 29.2 Å². The highest BCUT2D eigenvalue weighted by atomic mass is 32.1. The van der Waals surface area contributed by atoms with Crippen molar-refractivity contribution in [2.24, 2.45) is 5.92 Å². The van der Waals surface area contributed by atoms with Gasteiger partial charge in [-0.05, 0) is 38.3 Å². The summed E-state index contributed by atoms with van der Waals surface area (Å²) in [6, 6.07) is 4.33. The summed E-state index contributed by atoms with van der Waals surface area (Å²) in [7, 11) is 0. The molecule has 0 radical (unpaired) electrons. The quantitative estimate of drug-likeness (QED) is 0.851. The van der Waals surface area contributed by atoms with Crippen molar-refractivity contribution in [3.63, 3.8) is 0 Å². The molecule has 1 saturated carbocycles. The molecule has 1 aliphatic heterocycles. The molecule has 3 atom stereocenters. The second-order valence-corrected chi connectivity index (χ2v) is 8.24. The number of carbonyl (C=O) groups excluding carboxylic acids is 1. The number of hydrogen-bond donors (Lipinski definition) is 0. The smallest absolute Gasteiger partial charge is 0.226 e. The van der Waals surface area contributed by atoms with E-state index in [1.165, 1.54) is 9.75 Å². The minimum Gasteiger partial charge on any atom is -0.342 e.